The number of nitrogens with one attached hydrogen (secondary N) is 1. The Hall–Kier alpha value is -2.82. The molecule has 0 unspecified atom stereocenters. The molecular formula is C28H30Cl2N2O2. The maximum absolute atomic E-state index is 13.6. The molecule has 1 atom stereocenters. The minimum Gasteiger partial charge on any atom is -0.354 e. The van der Waals surface area contributed by atoms with Crippen molar-refractivity contribution in [2.45, 2.75) is 45.2 Å². The first kappa shape index (κ1) is 25.8. The van der Waals surface area contributed by atoms with Crippen molar-refractivity contribution in [2.75, 3.05) is 6.54 Å². The van der Waals surface area contributed by atoms with Crippen LogP contribution in [0.2, 0.25) is 10.0 Å². The van der Waals surface area contributed by atoms with E-state index in [1.54, 1.807) is 17.0 Å². The lowest BCUT2D eigenvalue weighted by Crippen LogP contribution is -2.50. The fraction of sp³-hybridized carbons (Fsp3) is 0.286. The van der Waals surface area contributed by atoms with Gasteiger partial charge < -0.3 is 10.2 Å². The van der Waals surface area contributed by atoms with Gasteiger partial charge in [0.2, 0.25) is 11.8 Å². The van der Waals surface area contributed by atoms with Gasteiger partial charge in [0.15, 0.2) is 0 Å². The van der Waals surface area contributed by atoms with E-state index in [0.29, 0.717) is 36.0 Å². The summed E-state index contributed by atoms with van der Waals surface area (Å²) in [5.74, 6) is -0.242. The van der Waals surface area contributed by atoms with E-state index in [2.05, 4.69) is 5.32 Å². The number of nitrogens with zero attached hydrogens (tertiary/aromatic N) is 1. The third-order valence-corrected chi connectivity index (χ3v) is 6.27. The molecule has 4 nitrogen and oxygen atoms in total. The van der Waals surface area contributed by atoms with E-state index < -0.39 is 6.04 Å². The first-order valence-electron chi connectivity index (χ1n) is 11.6. The molecule has 3 rings (SSSR count). The van der Waals surface area contributed by atoms with Crippen LogP contribution in [-0.2, 0) is 29.0 Å². The molecule has 0 aliphatic carbocycles. The van der Waals surface area contributed by atoms with Crippen LogP contribution < -0.4 is 5.32 Å². The predicted octanol–water partition coefficient (Wildman–Crippen LogP) is 6.09. The maximum Gasteiger partial charge on any atom is 0.243 e. The summed E-state index contributed by atoms with van der Waals surface area (Å²) in [6.45, 7) is 2.88. The number of carbonyl (C=O) groups excluding carboxylic acids is 2. The minimum atomic E-state index is -0.636. The van der Waals surface area contributed by atoms with Crippen molar-refractivity contribution < 1.29 is 9.59 Å². The zero-order valence-electron chi connectivity index (χ0n) is 19.3. The number of rotatable bonds is 11. The lowest BCUT2D eigenvalue weighted by Gasteiger charge is -2.31. The summed E-state index contributed by atoms with van der Waals surface area (Å²) in [6.07, 6.45) is 2.01. The Labute approximate surface area is 211 Å². The molecule has 6 heteroatoms. The van der Waals surface area contributed by atoms with Crippen LogP contribution in [0.3, 0.4) is 0 Å². The van der Waals surface area contributed by atoms with E-state index in [1.165, 1.54) is 0 Å². The molecular weight excluding hydrogens is 467 g/mol. The molecule has 0 heterocycles. The Bertz CT molecular complexity index is 1070. The van der Waals surface area contributed by atoms with Crippen LogP contribution in [0.5, 0.6) is 0 Å². The second kappa shape index (κ2) is 13.2. The third-order valence-electron chi connectivity index (χ3n) is 5.65. The van der Waals surface area contributed by atoms with Crippen molar-refractivity contribution >= 4 is 35.0 Å². The van der Waals surface area contributed by atoms with Gasteiger partial charge in [-0.3, -0.25) is 9.59 Å². The van der Waals surface area contributed by atoms with E-state index in [4.69, 9.17) is 23.2 Å². The molecule has 0 fully saturated rings. The van der Waals surface area contributed by atoms with Gasteiger partial charge in [-0.2, -0.15) is 0 Å². The molecule has 0 aliphatic rings. The van der Waals surface area contributed by atoms with E-state index in [0.717, 1.165) is 23.1 Å². The summed E-state index contributed by atoms with van der Waals surface area (Å²) in [5.41, 5.74) is 2.83. The zero-order chi connectivity index (χ0) is 24.3. The quantitative estimate of drug-likeness (QED) is 0.349. The van der Waals surface area contributed by atoms with Crippen molar-refractivity contribution in [1.82, 2.24) is 10.2 Å². The van der Waals surface area contributed by atoms with Crippen molar-refractivity contribution in [2.24, 2.45) is 0 Å². The predicted molar refractivity (Wildman–Crippen MR) is 139 cm³/mol. The number of hydrogen-bond donors (Lipinski definition) is 1. The van der Waals surface area contributed by atoms with Gasteiger partial charge in [0, 0.05) is 36.0 Å². The van der Waals surface area contributed by atoms with Gasteiger partial charge in [-0.05, 0) is 47.7 Å². The highest BCUT2D eigenvalue weighted by Crippen LogP contribution is 2.20. The molecule has 0 radical (unpaired) electrons. The summed E-state index contributed by atoms with van der Waals surface area (Å²) in [7, 11) is 0. The largest absolute Gasteiger partial charge is 0.354 e. The van der Waals surface area contributed by atoms with Gasteiger partial charge in [-0.25, -0.2) is 0 Å². The number of hydrogen-bond acceptors (Lipinski definition) is 2. The van der Waals surface area contributed by atoms with E-state index in [9.17, 15) is 9.59 Å². The van der Waals surface area contributed by atoms with Gasteiger partial charge >= 0.3 is 0 Å². The highest BCUT2D eigenvalue weighted by Gasteiger charge is 2.30. The van der Waals surface area contributed by atoms with Crippen LogP contribution in [0, 0.1) is 0 Å². The molecule has 0 aromatic heterocycles. The van der Waals surface area contributed by atoms with Crippen LogP contribution >= 0.6 is 23.2 Å². The fourth-order valence-electron chi connectivity index (χ4n) is 3.79. The summed E-state index contributed by atoms with van der Waals surface area (Å²) in [6, 6.07) is 24.1. The van der Waals surface area contributed by atoms with Gasteiger partial charge in [0.25, 0.3) is 0 Å². The van der Waals surface area contributed by atoms with E-state index >= 15 is 0 Å². The average Bonchev–Trinajstić information content (AvgIpc) is 2.85. The zero-order valence-corrected chi connectivity index (χ0v) is 20.9. The normalized spacial score (nSPS) is 11.6. The smallest absolute Gasteiger partial charge is 0.243 e. The molecule has 1 N–H and O–H groups in total. The van der Waals surface area contributed by atoms with Crippen LogP contribution in [0.4, 0.5) is 0 Å². The molecule has 3 aromatic carbocycles. The Kier molecular flexibility index (Phi) is 9.99. The molecule has 3 aromatic rings. The van der Waals surface area contributed by atoms with Crippen molar-refractivity contribution in [1.29, 1.82) is 0 Å². The van der Waals surface area contributed by atoms with E-state index in [-0.39, 0.29) is 18.2 Å². The Morgan fingerprint density at radius 3 is 2.24 bits per heavy atom. The number of halogens is 2. The fourth-order valence-corrected chi connectivity index (χ4v) is 4.15. The molecule has 0 aliphatic heterocycles. The number of benzene rings is 3. The Morgan fingerprint density at radius 1 is 0.882 bits per heavy atom. The van der Waals surface area contributed by atoms with E-state index in [1.807, 2.05) is 73.7 Å². The van der Waals surface area contributed by atoms with Gasteiger partial charge in [-0.1, -0.05) is 90.8 Å². The molecule has 0 saturated heterocycles. The molecule has 0 saturated carbocycles. The van der Waals surface area contributed by atoms with Crippen LogP contribution in [0.1, 0.15) is 36.5 Å². The average molecular weight is 497 g/mol. The standard InChI is InChI=1S/C28H30Cl2N2O2/c1-2-18-31-28(34)26(19-21-8-4-3-5-9-21)32(20-22-12-15-24(29)16-13-22)27(33)17-14-23-10-6-7-11-25(23)30/h3-13,15-16,26H,2,14,17-20H2,1H3,(H,31,34)/t26-/m0/s1. The highest BCUT2D eigenvalue weighted by molar-refractivity contribution is 6.31. The monoisotopic (exact) mass is 496 g/mol. The highest BCUT2D eigenvalue weighted by atomic mass is 35.5. The van der Waals surface area contributed by atoms with Crippen molar-refractivity contribution in [3.63, 3.8) is 0 Å². The Balaban J connectivity index is 1.89. The number of amides is 2. The summed E-state index contributed by atoms with van der Waals surface area (Å²) in [4.78, 5) is 28.6. The molecule has 178 valence electrons. The lowest BCUT2D eigenvalue weighted by molar-refractivity contribution is -0.141. The molecule has 34 heavy (non-hydrogen) atoms. The minimum absolute atomic E-state index is 0.0950. The van der Waals surface area contributed by atoms with Crippen molar-refractivity contribution in [3.05, 3.63) is 106 Å². The van der Waals surface area contributed by atoms with Crippen LogP contribution in [0.15, 0.2) is 78.9 Å². The second-order valence-corrected chi connectivity index (χ2v) is 9.08. The van der Waals surface area contributed by atoms with Crippen molar-refractivity contribution in [3.8, 4) is 0 Å². The SMILES string of the molecule is CCCNC(=O)[C@H](Cc1ccccc1)N(Cc1ccc(Cl)cc1)C(=O)CCc1ccccc1Cl. The third kappa shape index (κ3) is 7.61. The molecule has 2 amide bonds. The maximum atomic E-state index is 13.6. The van der Waals surface area contributed by atoms with Gasteiger partial charge in [-0.15, -0.1) is 0 Å². The second-order valence-electron chi connectivity index (χ2n) is 8.24. The van der Waals surface area contributed by atoms with Crippen LogP contribution in [0.25, 0.3) is 0 Å². The Morgan fingerprint density at radius 2 is 1.56 bits per heavy atom. The first-order valence-corrected chi connectivity index (χ1v) is 12.3. The first-order chi connectivity index (χ1) is 16.5. The number of carbonyl (C=O) groups is 2. The van der Waals surface area contributed by atoms with Gasteiger partial charge in [0.05, 0.1) is 0 Å². The van der Waals surface area contributed by atoms with Crippen LogP contribution in [-0.4, -0.2) is 29.3 Å². The lowest BCUT2D eigenvalue weighted by atomic mass is 10.0. The topological polar surface area (TPSA) is 49.4 Å². The molecule has 0 spiro atoms. The summed E-state index contributed by atoms with van der Waals surface area (Å²) in [5, 5.41) is 4.26. The van der Waals surface area contributed by atoms with Gasteiger partial charge in [0.1, 0.15) is 6.04 Å². The summed E-state index contributed by atoms with van der Waals surface area (Å²) >= 11 is 12.4. The molecule has 0 bridgehead atoms. The number of aryl methyl sites for hydroxylation is 1. The summed E-state index contributed by atoms with van der Waals surface area (Å²) < 4.78 is 0.